The monoisotopic (exact) mass is 297 g/mol. The number of halogens is 1. The highest BCUT2D eigenvalue weighted by Gasteiger charge is 2.23. The van der Waals surface area contributed by atoms with E-state index in [9.17, 15) is 0 Å². The minimum atomic E-state index is 0.531. The predicted molar refractivity (Wildman–Crippen MR) is 72.0 cm³/mol. The lowest BCUT2D eigenvalue weighted by Crippen LogP contribution is -2.02. The van der Waals surface area contributed by atoms with Crippen molar-refractivity contribution in [2.75, 3.05) is 17.2 Å². The van der Waals surface area contributed by atoms with Crippen molar-refractivity contribution < 1.29 is 0 Å². The zero-order valence-electron chi connectivity index (χ0n) is 8.69. The Morgan fingerprint density at radius 3 is 3.12 bits per heavy atom. The summed E-state index contributed by atoms with van der Waals surface area (Å²) in [6, 6.07) is 3.99. The molecular formula is C11H12BrN3S. The summed E-state index contributed by atoms with van der Waals surface area (Å²) in [4.78, 5) is 4.64. The summed E-state index contributed by atoms with van der Waals surface area (Å²) < 4.78 is 2.99. The Morgan fingerprint density at radius 1 is 1.50 bits per heavy atom. The van der Waals surface area contributed by atoms with Crippen molar-refractivity contribution in [2.45, 2.75) is 12.3 Å². The van der Waals surface area contributed by atoms with Gasteiger partial charge in [-0.1, -0.05) is 0 Å². The molecule has 2 aromatic rings. The molecule has 0 aromatic carbocycles. The Labute approximate surface area is 107 Å². The lowest BCUT2D eigenvalue weighted by molar-refractivity contribution is 0.762. The highest BCUT2D eigenvalue weighted by atomic mass is 79.9. The summed E-state index contributed by atoms with van der Waals surface area (Å²) in [5.41, 5.74) is 8.17. The molecule has 5 heteroatoms. The van der Waals surface area contributed by atoms with Crippen LogP contribution in [0.4, 0.5) is 5.82 Å². The Morgan fingerprint density at radius 2 is 2.38 bits per heavy atom. The van der Waals surface area contributed by atoms with Crippen LogP contribution in [0, 0.1) is 0 Å². The topological polar surface area (TPSA) is 43.3 Å². The fourth-order valence-corrected chi connectivity index (χ4v) is 3.67. The number of nitrogens with two attached hydrogens (primary N) is 1. The van der Waals surface area contributed by atoms with Crippen LogP contribution in [0.3, 0.4) is 0 Å². The molecule has 1 unspecified atom stereocenters. The van der Waals surface area contributed by atoms with Gasteiger partial charge in [0.2, 0.25) is 0 Å². The van der Waals surface area contributed by atoms with E-state index in [1.54, 1.807) is 0 Å². The second-order valence-corrected chi connectivity index (χ2v) is 6.08. The van der Waals surface area contributed by atoms with E-state index < -0.39 is 0 Å². The van der Waals surface area contributed by atoms with Crippen LogP contribution in [0.15, 0.2) is 22.8 Å². The van der Waals surface area contributed by atoms with Crippen LogP contribution in [0.1, 0.15) is 18.0 Å². The molecule has 84 valence electrons. The van der Waals surface area contributed by atoms with Crippen molar-refractivity contribution in [1.82, 2.24) is 9.38 Å². The van der Waals surface area contributed by atoms with Crippen LogP contribution in [-0.4, -0.2) is 20.9 Å². The summed E-state index contributed by atoms with van der Waals surface area (Å²) in [7, 11) is 0. The number of pyridine rings is 1. The van der Waals surface area contributed by atoms with E-state index in [0.717, 1.165) is 27.4 Å². The Bertz CT molecular complexity index is 531. The molecule has 0 spiro atoms. The number of rotatable bonds is 1. The van der Waals surface area contributed by atoms with E-state index in [-0.39, 0.29) is 0 Å². The van der Waals surface area contributed by atoms with Crippen LogP contribution in [0.25, 0.3) is 5.65 Å². The van der Waals surface area contributed by atoms with Gasteiger partial charge in [0.15, 0.2) is 0 Å². The van der Waals surface area contributed by atoms with Gasteiger partial charge in [-0.3, -0.25) is 4.40 Å². The molecule has 2 aromatic heterocycles. The first-order chi connectivity index (χ1) is 7.75. The van der Waals surface area contributed by atoms with Crippen molar-refractivity contribution in [3.05, 3.63) is 28.5 Å². The van der Waals surface area contributed by atoms with Gasteiger partial charge in [-0.2, -0.15) is 11.8 Å². The first kappa shape index (κ1) is 10.5. The number of hydrogen-bond donors (Lipinski definition) is 1. The molecule has 1 fully saturated rings. The Balaban J connectivity index is 2.15. The van der Waals surface area contributed by atoms with Crippen LogP contribution in [0.5, 0.6) is 0 Å². The zero-order valence-corrected chi connectivity index (χ0v) is 11.1. The van der Waals surface area contributed by atoms with E-state index in [1.165, 1.54) is 12.2 Å². The second-order valence-electron chi connectivity index (χ2n) is 4.02. The minimum Gasteiger partial charge on any atom is -0.383 e. The molecule has 2 N–H and O–H groups in total. The third kappa shape index (κ3) is 1.62. The third-order valence-electron chi connectivity index (χ3n) is 2.96. The molecule has 1 aliphatic heterocycles. The molecule has 1 saturated heterocycles. The van der Waals surface area contributed by atoms with Crippen LogP contribution < -0.4 is 5.73 Å². The Hall–Kier alpha value is -0.680. The molecule has 0 radical (unpaired) electrons. The van der Waals surface area contributed by atoms with E-state index in [1.807, 2.05) is 34.5 Å². The van der Waals surface area contributed by atoms with Gasteiger partial charge in [0, 0.05) is 22.3 Å². The largest absolute Gasteiger partial charge is 0.383 e. The number of fused-ring (bicyclic) bond motifs is 1. The molecule has 3 nitrogen and oxygen atoms in total. The highest BCUT2D eigenvalue weighted by Crippen LogP contribution is 2.35. The first-order valence-corrected chi connectivity index (χ1v) is 7.21. The van der Waals surface area contributed by atoms with Crippen LogP contribution in [0.2, 0.25) is 0 Å². The van der Waals surface area contributed by atoms with E-state index in [0.29, 0.717) is 5.92 Å². The van der Waals surface area contributed by atoms with E-state index in [2.05, 4.69) is 20.9 Å². The van der Waals surface area contributed by atoms with Crippen molar-refractivity contribution in [1.29, 1.82) is 0 Å². The van der Waals surface area contributed by atoms with Gasteiger partial charge in [0.05, 0.1) is 5.69 Å². The molecule has 0 bridgehead atoms. The SMILES string of the molecule is Nc1c(C2CCSC2)nc2ccc(Br)cn12. The van der Waals surface area contributed by atoms with Crippen molar-refractivity contribution in [2.24, 2.45) is 0 Å². The maximum absolute atomic E-state index is 6.16. The zero-order chi connectivity index (χ0) is 11.1. The second kappa shape index (κ2) is 3.96. The minimum absolute atomic E-state index is 0.531. The summed E-state index contributed by atoms with van der Waals surface area (Å²) in [6.07, 6.45) is 3.17. The molecule has 3 rings (SSSR count). The molecule has 0 saturated carbocycles. The number of anilines is 1. The van der Waals surface area contributed by atoms with Crippen molar-refractivity contribution in [3.8, 4) is 0 Å². The molecule has 16 heavy (non-hydrogen) atoms. The van der Waals surface area contributed by atoms with Crippen LogP contribution in [-0.2, 0) is 0 Å². The molecule has 0 aliphatic carbocycles. The first-order valence-electron chi connectivity index (χ1n) is 5.26. The summed E-state index contributed by atoms with van der Waals surface area (Å²) in [5.74, 6) is 3.70. The molecule has 1 atom stereocenters. The van der Waals surface area contributed by atoms with Gasteiger partial charge in [-0.15, -0.1) is 0 Å². The summed E-state index contributed by atoms with van der Waals surface area (Å²) in [6.45, 7) is 0. The average Bonchev–Trinajstić information content (AvgIpc) is 2.87. The molecule has 0 amide bonds. The van der Waals surface area contributed by atoms with Crippen LogP contribution >= 0.6 is 27.7 Å². The van der Waals surface area contributed by atoms with Gasteiger partial charge in [0.25, 0.3) is 0 Å². The van der Waals surface area contributed by atoms with Gasteiger partial charge < -0.3 is 5.73 Å². The smallest absolute Gasteiger partial charge is 0.138 e. The summed E-state index contributed by atoms with van der Waals surface area (Å²) >= 11 is 5.44. The molecule has 3 heterocycles. The van der Waals surface area contributed by atoms with Gasteiger partial charge in [-0.25, -0.2) is 4.98 Å². The predicted octanol–water partition coefficient (Wildman–Crippen LogP) is 2.90. The lowest BCUT2D eigenvalue weighted by atomic mass is 10.1. The molecular weight excluding hydrogens is 286 g/mol. The lowest BCUT2D eigenvalue weighted by Gasteiger charge is -2.04. The number of thioether (sulfide) groups is 1. The van der Waals surface area contributed by atoms with E-state index in [4.69, 9.17) is 5.73 Å². The van der Waals surface area contributed by atoms with Gasteiger partial charge >= 0.3 is 0 Å². The number of nitrogens with zero attached hydrogens (tertiary/aromatic N) is 2. The standard InChI is InChI=1S/C11H12BrN3S/c12-8-1-2-9-14-10(7-3-4-16-6-7)11(13)15(9)5-8/h1-2,5,7H,3-4,6,13H2. The van der Waals surface area contributed by atoms with Crippen molar-refractivity contribution >= 4 is 39.2 Å². The summed E-state index contributed by atoms with van der Waals surface area (Å²) in [5, 5.41) is 0. The van der Waals surface area contributed by atoms with Gasteiger partial charge in [0.1, 0.15) is 11.5 Å². The maximum atomic E-state index is 6.16. The Kier molecular flexibility index (Phi) is 2.59. The maximum Gasteiger partial charge on any atom is 0.138 e. The van der Waals surface area contributed by atoms with Gasteiger partial charge in [-0.05, 0) is 40.2 Å². The average molecular weight is 298 g/mol. The number of aromatic nitrogens is 2. The quantitative estimate of drug-likeness (QED) is 0.880. The van der Waals surface area contributed by atoms with Crippen molar-refractivity contribution in [3.63, 3.8) is 0 Å². The fraction of sp³-hybridized carbons (Fsp3) is 0.364. The number of hydrogen-bond acceptors (Lipinski definition) is 3. The number of imidazole rings is 1. The number of nitrogen functional groups attached to an aromatic ring is 1. The van der Waals surface area contributed by atoms with E-state index >= 15 is 0 Å². The fourth-order valence-electron chi connectivity index (χ4n) is 2.11. The molecule has 1 aliphatic rings. The normalized spacial score (nSPS) is 20.7. The third-order valence-corrected chi connectivity index (χ3v) is 4.60. The highest BCUT2D eigenvalue weighted by molar-refractivity contribution is 9.10.